The first-order valence-electron chi connectivity index (χ1n) is 11.2. The molecule has 2 aromatic carbocycles. The van der Waals surface area contributed by atoms with Crippen LogP contribution in [0.25, 0.3) is 0 Å². The second-order valence-electron chi connectivity index (χ2n) is 9.16. The minimum atomic E-state index is -0.471. The van der Waals surface area contributed by atoms with Crippen molar-refractivity contribution < 1.29 is 19.1 Å². The monoisotopic (exact) mass is 424 g/mol. The molecule has 0 amide bonds. The third kappa shape index (κ3) is 6.43. The first-order valence-corrected chi connectivity index (χ1v) is 11.2. The quantitative estimate of drug-likeness (QED) is 0.351. The van der Waals surface area contributed by atoms with Crippen LogP contribution in [0.1, 0.15) is 92.4 Å². The second-order valence-corrected chi connectivity index (χ2v) is 9.16. The molecule has 0 aliphatic carbocycles. The van der Waals surface area contributed by atoms with Crippen LogP contribution in [0.3, 0.4) is 0 Å². The molecule has 0 bridgehead atoms. The van der Waals surface area contributed by atoms with Crippen molar-refractivity contribution in [1.82, 2.24) is 0 Å². The van der Waals surface area contributed by atoms with Gasteiger partial charge in [-0.05, 0) is 55.9 Å². The number of ether oxygens (including phenoxy) is 2. The molecule has 0 radical (unpaired) electrons. The van der Waals surface area contributed by atoms with Crippen molar-refractivity contribution >= 4 is 11.9 Å². The van der Waals surface area contributed by atoms with Crippen molar-refractivity contribution in [2.24, 2.45) is 0 Å². The maximum atomic E-state index is 12.9. The summed E-state index contributed by atoms with van der Waals surface area (Å²) in [5.41, 5.74) is 4.12. The predicted octanol–water partition coefficient (Wildman–Crippen LogP) is 6.66. The first-order chi connectivity index (χ1) is 14.6. The summed E-state index contributed by atoms with van der Waals surface area (Å²) in [5.74, 6) is -0.700. The molecule has 0 fully saturated rings. The molecule has 0 aliphatic rings. The molecule has 2 rings (SSSR count). The van der Waals surface area contributed by atoms with Gasteiger partial charge in [-0.3, -0.25) is 4.79 Å². The van der Waals surface area contributed by atoms with Gasteiger partial charge in [0.2, 0.25) is 0 Å². The van der Waals surface area contributed by atoms with E-state index in [1.807, 2.05) is 45.0 Å². The minimum Gasteiger partial charge on any atom is -0.466 e. The maximum Gasteiger partial charge on any atom is 0.343 e. The van der Waals surface area contributed by atoms with Crippen molar-refractivity contribution in [3.05, 3.63) is 64.2 Å². The lowest BCUT2D eigenvalue weighted by atomic mass is 9.82. The van der Waals surface area contributed by atoms with Gasteiger partial charge in [0.15, 0.2) is 0 Å². The molecule has 0 spiro atoms. The fraction of sp³-hybridized carbons (Fsp3) is 0.481. The van der Waals surface area contributed by atoms with E-state index in [9.17, 15) is 9.59 Å². The zero-order chi connectivity index (χ0) is 23.2. The normalized spacial score (nSPS) is 12.4. The SMILES string of the molecule is CCCCC(C(=O)OCC)c1cc(C(C)(C)C)cc(C)c1OC(=O)c1ccc(C)cc1. The van der Waals surface area contributed by atoms with Crippen LogP contribution in [0, 0.1) is 13.8 Å². The highest BCUT2D eigenvalue weighted by Gasteiger charge is 2.29. The van der Waals surface area contributed by atoms with E-state index in [4.69, 9.17) is 9.47 Å². The number of carbonyl (C=O) groups is 2. The Kier molecular flexibility index (Phi) is 8.43. The number of esters is 2. The number of carbonyl (C=O) groups excluding carboxylic acids is 2. The largest absolute Gasteiger partial charge is 0.466 e. The summed E-state index contributed by atoms with van der Waals surface area (Å²) in [6, 6.07) is 11.4. The average molecular weight is 425 g/mol. The molecule has 0 heterocycles. The Balaban J connectivity index is 2.58. The second kappa shape index (κ2) is 10.6. The molecule has 0 saturated carbocycles. The maximum absolute atomic E-state index is 12.9. The van der Waals surface area contributed by atoms with Gasteiger partial charge in [0.05, 0.1) is 18.1 Å². The van der Waals surface area contributed by atoms with Crippen molar-refractivity contribution in [2.75, 3.05) is 6.61 Å². The lowest BCUT2D eigenvalue weighted by molar-refractivity contribution is -0.145. The topological polar surface area (TPSA) is 52.6 Å². The summed E-state index contributed by atoms with van der Waals surface area (Å²) >= 11 is 0. The van der Waals surface area contributed by atoms with E-state index in [1.165, 1.54) is 0 Å². The zero-order valence-corrected chi connectivity index (χ0v) is 20.0. The van der Waals surface area contributed by atoms with E-state index in [1.54, 1.807) is 12.1 Å². The number of aryl methyl sites for hydroxylation is 2. The van der Waals surface area contributed by atoms with Gasteiger partial charge in [-0.25, -0.2) is 4.79 Å². The number of hydrogen-bond acceptors (Lipinski definition) is 4. The van der Waals surface area contributed by atoms with E-state index >= 15 is 0 Å². The summed E-state index contributed by atoms with van der Waals surface area (Å²) in [4.78, 5) is 25.8. The average Bonchev–Trinajstić information content (AvgIpc) is 2.70. The molecular formula is C27H36O4. The third-order valence-electron chi connectivity index (χ3n) is 5.44. The van der Waals surface area contributed by atoms with Crippen LogP contribution in [0.2, 0.25) is 0 Å². The smallest absolute Gasteiger partial charge is 0.343 e. The molecule has 4 heteroatoms. The lowest BCUT2D eigenvalue weighted by Gasteiger charge is -2.26. The summed E-state index contributed by atoms with van der Waals surface area (Å²) in [6.07, 6.45) is 2.50. The molecule has 0 aliphatic heterocycles. The Hall–Kier alpha value is -2.62. The van der Waals surface area contributed by atoms with Gasteiger partial charge in [0.25, 0.3) is 0 Å². The summed E-state index contributed by atoms with van der Waals surface area (Å²) < 4.78 is 11.3. The molecule has 0 N–H and O–H groups in total. The first kappa shape index (κ1) is 24.6. The number of hydrogen-bond donors (Lipinski definition) is 0. The molecule has 31 heavy (non-hydrogen) atoms. The van der Waals surface area contributed by atoms with Crippen LogP contribution in [-0.4, -0.2) is 18.5 Å². The zero-order valence-electron chi connectivity index (χ0n) is 20.0. The van der Waals surface area contributed by atoms with Crippen LogP contribution in [0.15, 0.2) is 36.4 Å². The van der Waals surface area contributed by atoms with Crippen LogP contribution < -0.4 is 4.74 Å². The molecule has 168 valence electrons. The van der Waals surface area contributed by atoms with Crippen molar-refractivity contribution in [3.8, 4) is 5.75 Å². The highest BCUT2D eigenvalue weighted by molar-refractivity contribution is 5.92. The van der Waals surface area contributed by atoms with Gasteiger partial charge < -0.3 is 9.47 Å². The van der Waals surface area contributed by atoms with E-state index in [-0.39, 0.29) is 11.4 Å². The van der Waals surface area contributed by atoms with Crippen LogP contribution >= 0.6 is 0 Å². The van der Waals surface area contributed by atoms with Gasteiger partial charge in [-0.15, -0.1) is 0 Å². The molecule has 0 saturated heterocycles. The molecule has 1 atom stereocenters. The number of benzene rings is 2. The Bertz CT molecular complexity index is 904. The van der Waals surface area contributed by atoms with Gasteiger partial charge in [-0.2, -0.15) is 0 Å². The molecular weight excluding hydrogens is 388 g/mol. The predicted molar refractivity (Wildman–Crippen MR) is 125 cm³/mol. The Morgan fingerprint density at radius 2 is 1.65 bits per heavy atom. The van der Waals surface area contributed by atoms with Crippen LogP contribution in [-0.2, 0) is 14.9 Å². The summed E-state index contributed by atoms with van der Waals surface area (Å²) in [6.45, 7) is 14.5. The van der Waals surface area contributed by atoms with Gasteiger partial charge in [-0.1, -0.05) is 70.4 Å². The summed E-state index contributed by atoms with van der Waals surface area (Å²) in [7, 11) is 0. The van der Waals surface area contributed by atoms with E-state index < -0.39 is 11.9 Å². The standard InChI is InChI=1S/C27H36O4/c1-8-10-11-22(26(29)30-9-2)23-17-21(27(5,6)7)16-19(4)24(23)31-25(28)20-14-12-18(3)13-15-20/h12-17,22H,8-11H2,1-7H3. The summed E-state index contributed by atoms with van der Waals surface area (Å²) in [5, 5.41) is 0. The number of unbranched alkanes of at least 4 members (excludes halogenated alkanes) is 1. The highest BCUT2D eigenvalue weighted by atomic mass is 16.5. The fourth-order valence-corrected chi connectivity index (χ4v) is 3.53. The minimum absolute atomic E-state index is 0.108. The lowest BCUT2D eigenvalue weighted by Crippen LogP contribution is -2.21. The molecule has 0 aromatic heterocycles. The van der Waals surface area contributed by atoms with Crippen LogP contribution in [0.5, 0.6) is 5.75 Å². The Labute approximate surface area is 187 Å². The third-order valence-corrected chi connectivity index (χ3v) is 5.44. The van der Waals surface area contributed by atoms with Crippen molar-refractivity contribution in [3.63, 3.8) is 0 Å². The molecule has 2 aromatic rings. The van der Waals surface area contributed by atoms with Gasteiger partial charge in [0, 0.05) is 5.56 Å². The Morgan fingerprint density at radius 1 is 1.00 bits per heavy atom. The fourth-order valence-electron chi connectivity index (χ4n) is 3.53. The van der Waals surface area contributed by atoms with E-state index in [2.05, 4.69) is 27.7 Å². The Morgan fingerprint density at radius 3 is 2.19 bits per heavy atom. The molecule has 4 nitrogen and oxygen atoms in total. The number of rotatable bonds is 8. The van der Waals surface area contributed by atoms with Gasteiger partial charge in [0.1, 0.15) is 5.75 Å². The van der Waals surface area contributed by atoms with Gasteiger partial charge >= 0.3 is 11.9 Å². The molecule has 1 unspecified atom stereocenters. The highest BCUT2D eigenvalue weighted by Crippen LogP contribution is 2.38. The van der Waals surface area contributed by atoms with Crippen LogP contribution in [0.4, 0.5) is 0 Å². The van der Waals surface area contributed by atoms with E-state index in [0.717, 1.165) is 35.1 Å². The van der Waals surface area contributed by atoms with E-state index in [0.29, 0.717) is 24.3 Å². The van der Waals surface area contributed by atoms with Crippen molar-refractivity contribution in [1.29, 1.82) is 0 Å². The van der Waals surface area contributed by atoms with Crippen molar-refractivity contribution in [2.45, 2.75) is 79.1 Å².